The Morgan fingerprint density at radius 1 is 1.78 bits per heavy atom. The lowest BCUT2D eigenvalue weighted by atomic mass is 10.3. The molecule has 1 aliphatic heterocycles. The summed E-state index contributed by atoms with van der Waals surface area (Å²) in [5.74, 6) is -0.892. The second-order valence-corrected chi connectivity index (χ2v) is 1.73. The fourth-order valence-corrected chi connectivity index (χ4v) is 0.639. The summed E-state index contributed by atoms with van der Waals surface area (Å²) in [7, 11) is 0. The Hall–Kier alpha value is -1.03. The van der Waals surface area contributed by atoms with Crippen molar-refractivity contribution in [2.24, 2.45) is 0 Å². The number of carboxylic acid groups (broad SMARTS) is 1. The van der Waals surface area contributed by atoms with Crippen molar-refractivity contribution >= 4 is 5.97 Å². The van der Waals surface area contributed by atoms with Crippen LogP contribution in [-0.2, 0) is 4.79 Å². The standard InChI is InChI=1S/C5H8N2O2/c8-5(9)4-1-2-6-3-7-4/h1,6-7H,2-3H2,(H,8,9). The topological polar surface area (TPSA) is 61.4 Å². The maximum atomic E-state index is 10.2. The van der Waals surface area contributed by atoms with Crippen LogP contribution in [0.2, 0.25) is 0 Å². The number of carbonyl (C=O) groups is 1. The Balaban J connectivity index is 2.57. The van der Waals surface area contributed by atoms with Crippen molar-refractivity contribution in [2.75, 3.05) is 13.2 Å². The lowest BCUT2D eigenvalue weighted by molar-refractivity contribution is -0.133. The summed E-state index contributed by atoms with van der Waals surface area (Å²) in [5.41, 5.74) is 0.286. The molecular formula is C5H8N2O2. The molecule has 0 unspecified atom stereocenters. The Morgan fingerprint density at radius 2 is 2.56 bits per heavy atom. The molecule has 0 amide bonds. The van der Waals surface area contributed by atoms with Crippen molar-refractivity contribution in [1.29, 1.82) is 0 Å². The molecular weight excluding hydrogens is 120 g/mol. The Labute approximate surface area is 52.6 Å². The molecule has 3 N–H and O–H groups in total. The number of carboxylic acids is 1. The van der Waals surface area contributed by atoms with E-state index in [0.29, 0.717) is 13.2 Å². The van der Waals surface area contributed by atoms with Crippen LogP contribution < -0.4 is 10.6 Å². The molecule has 1 heterocycles. The highest BCUT2D eigenvalue weighted by Crippen LogP contribution is 1.89. The van der Waals surface area contributed by atoms with Gasteiger partial charge in [0.05, 0.1) is 6.67 Å². The van der Waals surface area contributed by atoms with Crippen molar-refractivity contribution in [3.8, 4) is 0 Å². The third kappa shape index (κ3) is 1.43. The first-order valence-corrected chi connectivity index (χ1v) is 2.69. The molecule has 0 aromatic carbocycles. The molecule has 0 aromatic heterocycles. The fourth-order valence-electron chi connectivity index (χ4n) is 0.639. The smallest absolute Gasteiger partial charge is 0.351 e. The molecule has 0 saturated carbocycles. The van der Waals surface area contributed by atoms with Gasteiger partial charge in [0.25, 0.3) is 0 Å². The summed E-state index contributed by atoms with van der Waals surface area (Å²) in [4.78, 5) is 10.2. The van der Waals surface area contributed by atoms with E-state index in [1.54, 1.807) is 6.08 Å². The highest BCUT2D eigenvalue weighted by atomic mass is 16.4. The molecule has 0 radical (unpaired) electrons. The van der Waals surface area contributed by atoms with E-state index in [9.17, 15) is 4.79 Å². The van der Waals surface area contributed by atoms with Gasteiger partial charge in [-0.05, 0) is 6.08 Å². The number of aliphatic carboxylic acids is 1. The maximum Gasteiger partial charge on any atom is 0.351 e. The second kappa shape index (κ2) is 2.50. The zero-order valence-corrected chi connectivity index (χ0v) is 4.85. The summed E-state index contributed by atoms with van der Waals surface area (Å²) in [6, 6.07) is 0. The van der Waals surface area contributed by atoms with E-state index >= 15 is 0 Å². The summed E-state index contributed by atoms with van der Waals surface area (Å²) in [6.07, 6.45) is 1.60. The van der Waals surface area contributed by atoms with Crippen LogP contribution in [0.25, 0.3) is 0 Å². The van der Waals surface area contributed by atoms with E-state index in [1.807, 2.05) is 0 Å². The van der Waals surface area contributed by atoms with Crippen LogP contribution in [0.15, 0.2) is 11.8 Å². The van der Waals surface area contributed by atoms with Gasteiger partial charge >= 0.3 is 5.97 Å². The Morgan fingerprint density at radius 3 is 2.89 bits per heavy atom. The average molecular weight is 128 g/mol. The lowest BCUT2D eigenvalue weighted by Crippen LogP contribution is -2.36. The maximum absolute atomic E-state index is 10.2. The predicted octanol–water partition coefficient (Wildman–Crippen LogP) is -0.895. The third-order valence-corrected chi connectivity index (χ3v) is 1.08. The molecule has 0 aromatic rings. The molecule has 0 spiro atoms. The molecule has 50 valence electrons. The highest BCUT2D eigenvalue weighted by Gasteiger charge is 2.07. The number of rotatable bonds is 1. The van der Waals surface area contributed by atoms with E-state index in [4.69, 9.17) is 5.11 Å². The Kier molecular flexibility index (Phi) is 1.69. The van der Waals surface area contributed by atoms with Crippen LogP contribution in [0.3, 0.4) is 0 Å². The number of hydrogen-bond acceptors (Lipinski definition) is 3. The fraction of sp³-hybridized carbons (Fsp3) is 0.400. The Bertz CT molecular complexity index is 153. The molecule has 0 atom stereocenters. The van der Waals surface area contributed by atoms with Gasteiger partial charge in [0.1, 0.15) is 5.70 Å². The zero-order chi connectivity index (χ0) is 6.69. The first-order valence-electron chi connectivity index (χ1n) is 2.69. The summed E-state index contributed by atoms with van der Waals surface area (Å²) in [5, 5.41) is 14.0. The average Bonchev–Trinajstić information content (AvgIpc) is 1.90. The number of hydrogen-bond donors (Lipinski definition) is 3. The first kappa shape index (κ1) is 6.10. The van der Waals surface area contributed by atoms with Gasteiger partial charge in [-0.25, -0.2) is 4.79 Å². The predicted molar refractivity (Wildman–Crippen MR) is 31.7 cm³/mol. The SMILES string of the molecule is O=C(O)C1=CCNCN1. The van der Waals surface area contributed by atoms with Crippen molar-refractivity contribution < 1.29 is 9.90 Å². The molecule has 1 rings (SSSR count). The van der Waals surface area contributed by atoms with Crippen LogP contribution in [0.5, 0.6) is 0 Å². The molecule has 4 nitrogen and oxygen atoms in total. The second-order valence-electron chi connectivity index (χ2n) is 1.73. The lowest BCUT2D eigenvalue weighted by Gasteiger charge is -2.12. The van der Waals surface area contributed by atoms with Crippen LogP contribution in [0.4, 0.5) is 0 Å². The van der Waals surface area contributed by atoms with Crippen molar-refractivity contribution in [3.63, 3.8) is 0 Å². The van der Waals surface area contributed by atoms with Crippen LogP contribution >= 0.6 is 0 Å². The molecule has 0 fully saturated rings. The minimum absolute atomic E-state index is 0.286. The minimum atomic E-state index is -0.892. The van der Waals surface area contributed by atoms with Crippen molar-refractivity contribution in [2.45, 2.75) is 0 Å². The van der Waals surface area contributed by atoms with Gasteiger partial charge in [0.15, 0.2) is 0 Å². The molecule has 0 aliphatic carbocycles. The minimum Gasteiger partial charge on any atom is -0.477 e. The zero-order valence-electron chi connectivity index (χ0n) is 4.85. The largest absolute Gasteiger partial charge is 0.477 e. The summed E-state index contributed by atoms with van der Waals surface area (Å²) < 4.78 is 0. The van der Waals surface area contributed by atoms with E-state index in [1.165, 1.54) is 0 Å². The van der Waals surface area contributed by atoms with Gasteiger partial charge in [-0.15, -0.1) is 0 Å². The first-order chi connectivity index (χ1) is 4.30. The van der Waals surface area contributed by atoms with E-state index < -0.39 is 5.97 Å². The summed E-state index contributed by atoms with van der Waals surface area (Å²) in [6.45, 7) is 1.17. The molecule has 9 heavy (non-hydrogen) atoms. The molecule has 4 heteroatoms. The van der Waals surface area contributed by atoms with E-state index in [0.717, 1.165) is 0 Å². The van der Waals surface area contributed by atoms with E-state index in [2.05, 4.69) is 10.6 Å². The van der Waals surface area contributed by atoms with Gasteiger partial charge in [-0.3, -0.25) is 5.32 Å². The monoisotopic (exact) mass is 128 g/mol. The van der Waals surface area contributed by atoms with Gasteiger partial charge in [0, 0.05) is 6.54 Å². The van der Waals surface area contributed by atoms with Crippen molar-refractivity contribution in [3.05, 3.63) is 11.8 Å². The van der Waals surface area contributed by atoms with Gasteiger partial charge in [-0.2, -0.15) is 0 Å². The normalized spacial score (nSPS) is 18.0. The molecule has 0 saturated heterocycles. The van der Waals surface area contributed by atoms with E-state index in [-0.39, 0.29) is 5.70 Å². The van der Waals surface area contributed by atoms with Gasteiger partial charge < -0.3 is 10.4 Å². The summed E-state index contributed by atoms with van der Waals surface area (Å²) >= 11 is 0. The molecule has 0 bridgehead atoms. The quantitative estimate of drug-likeness (QED) is 0.428. The number of nitrogens with one attached hydrogen (secondary N) is 2. The van der Waals surface area contributed by atoms with Crippen LogP contribution in [0.1, 0.15) is 0 Å². The third-order valence-electron chi connectivity index (χ3n) is 1.08. The van der Waals surface area contributed by atoms with Gasteiger partial charge in [-0.1, -0.05) is 0 Å². The van der Waals surface area contributed by atoms with Crippen molar-refractivity contribution in [1.82, 2.24) is 10.6 Å². The molecule has 1 aliphatic rings. The van der Waals surface area contributed by atoms with Crippen LogP contribution in [0, 0.1) is 0 Å². The highest BCUT2D eigenvalue weighted by molar-refractivity contribution is 5.85. The van der Waals surface area contributed by atoms with Crippen LogP contribution in [-0.4, -0.2) is 24.3 Å². The van der Waals surface area contributed by atoms with Gasteiger partial charge in [0.2, 0.25) is 0 Å².